The van der Waals surface area contributed by atoms with E-state index in [4.69, 9.17) is 0 Å². The van der Waals surface area contributed by atoms with Crippen LogP contribution in [0.15, 0.2) is 73.1 Å². The number of halogens is 5. The van der Waals surface area contributed by atoms with Crippen LogP contribution in [0.25, 0.3) is 17.1 Å². The van der Waals surface area contributed by atoms with Crippen LogP contribution in [0.3, 0.4) is 0 Å². The van der Waals surface area contributed by atoms with E-state index < -0.39 is 23.4 Å². The molecule has 31 heavy (non-hydrogen) atoms. The molecule has 0 amide bonds. The number of hydrogen-bond acceptors (Lipinski definition) is 3. The highest BCUT2D eigenvalue weighted by molar-refractivity contribution is 5.73. The number of hydrogen-bond donors (Lipinski definition) is 1. The Labute approximate surface area is 174 Å². The highest BCUT2D eigenvalue weighted by Gasteiger charge is 2.30. The van der Waals surface area contributed by atoms with Gasteiger partial charge in [-0.2, -0.15) is 13.2 Å². The Balaban J connectivity index is 1.59. The standard InChI is InChI=1S/C22H15F5N4/c23-18-9-8-14(10-19(18)24)12-28-20-7-2-1-6-17(20)21-29-13-31(30-21)16-5-3-4-15(11-16)22(25,26)27/h1-11,13,28H,12H2. The van der Waals surface area contributed by atoms with Gasteiger partial charge in [0, 0.05) is 17.8 Å². The molecule has 0 saturated carbocycles. The van der Waals surface area contributed by atoms with E-state index in [0.29, 0.717) is 22.6 Å². The fourth-order valence-electron chi connectivity index (χ4n) is 3.01. The number of benzene rings is 3. The summed E-state index contributed by atoms with van der Waals surface area (Å²) in [5.41, 5.74) is 1.22. The van der Waals surface area contributed by atoms with Gasteiger partial charge >= 0.3 is 6.18 Å². The number of nitrogens with zero attached hydrogens (tertiary/aromatic N) is 3. The Morgan fingerprint density at radius 2 is 1.68 bits per heavy atom. The first-order valence-corrected chi connectivity index (χ1v) is 9.18. The third-order valence-electron chi connectivity index (χ3n) is 4.56. The molecule has 1 N–H and O–H groups in total. The zero-order valence-electron chi connectivity index (χ0n) is 15.9. The maximum Gasteiger partial charge on any atom is 0.416 e. The average Bonchev–Trinajstić information content (AvgIpc) is 3.24. The summed E-state index contributed by atoms with van der Waals surface area (Å²) < 4.78 is 66.7. The maximum absolute atomic E-state index is 13.4. The SMILES string of the molecule is Fc1ccc(CNc2ccccc2-c2ncn(-c3cccc(C(F)(F)F)c3)n2)cc1F. The highest BCUT2D eigenvalue weighted by Crippen LogP contribution is 2.31. The molecule has 0 fully saturated rings. The minimum Gasteiger partial charge on any atom is -0.380 e. The maximum atomic E-state index is 13.4. The Morgan fingerprint density at radius 3 is 2.45 bits per heavy atom. The topological polar surface area (TPSA) is 42.7 Å². The van der Waals surface area contributed by atoms with Crippen molar-refractivity contribution in [2.75, 3.05) is 5.32 Å². The van der Waals surface area contributed by atoms with Gasteiger partial charge < -0.3 is 5.32 Å². The molecule has 1 aromatic heterocycles. The van der Waals surface area contributed by atoms with Crippen LogP contribution < -0.4 is 5.32 Å². The molecule has 158 valence electrons. The summed E-state index contributed by atoms with van der Waals surface area (Å²) >= 11 is 0. The molecule has 3 aromatic carbocycles. The van der Waals surface area contributed by atoms with E-state index >= 15 is 0 Å². The quantitative estimate of drug-likeness (QED) is 0.405. The lowest BCUT2D eigenvalue weighted by atomic mass is 10.1. The van der Waals surface area contributed by atoms with Gasteiger partial charge in [-0.1, -0.05) is 24.3 Å². The molecule has 0 aliphatic rings. The van der Waals surface area contributed by atoms with Gasteiger partial charge in [0.25, 0.3) is 0 Å². The second-order valence-electron chi connectivity index (χ2n) is 6.71. The molecule has 0 atom stereocenters. The van der Waals surface area contributed by atoms with Crippen molar-refractivity contribution in [2.24, 2.45) is 0 Å². The van der Waals surface area contributed by atoms with Crippen LogP contribution in [-0.4, -0.2) is 14.8 Å². The third kappa shape index (κ3) is 4.55. The Hall–Kier alpha value is -3.75. The normalized spacial score (nSPS) is 11.5. The summed E-state index contributed by atoms with van der Waals surface area (Å²) in [7, 11) is 0. The molecule has 0 saturated heterocycles. The second-order valence-corrected chi connectivity index (χ2v) is 6.71. The van der Waals surface area contributed by atoms with Crippen molar-refractivity contribution in [3.63, 3.8) is 0 Å². The van der Waals surface area contributed by atoms with Gasteiger partial charge in [0.1, 0.15) is 6.33 Å². The van der Waals surface area contributed by atoms with Crippen molar-refractivity contribution in [1.29, 1.82) is 0 Å². The van der Waals surface area contributed by atoms with Crippen LogP contribution in [0.1, 0.15) is 11.1 Å². The zero-order chi connectivity index (χ0) is 22.0. The van der Waals surface area contributed by atoms with Crippen molar-refractivity contribution < 1.29 is 22.0 Å². The molecular formula is C22H15F5N4. The predicted octanol–water partition coefficient (Wildman–Crippen LogP) is 5.84. The third-order valence-corrected chi connectivity index (χ3v) is 4.56. The van der Waals surface area contributed by atoms with Crippen LogP contribution in [0, 0.1) is 11.6 Å². The van der Waals surface area contributed by atoms with E-state index in [2.05, 4.69) is 15.4 Å². The molecule has 0 unspecified atom stereocenters. The lowest BCUT2D eigenvalue weighted by Gasteiger charge is -2.10. The fraction of sp³-hybridized carbons (Fsp3) is 0.0909. The van der Waals surface area contributed by atoms with Gasteiger partial charge in [0.15, 0.2) is 17.5 Å². The van der Waals surface area contributed by atoms with Gasteiger partial charge in [-0.05, 0) is 48.0 Å². The van der Waals surface area contributed by atoms with Crippen LogP contribution in [0.4, 0.5) is 27.6 Å². The first-order chi connectivity index (χ1) is 14.8. The minimum absolute atomic E-state index is 0.223. The molecule has 9 heteroatoms. The molecule has 0 bridgehead atoms. The molecule has 0 radical (unpaired) electrons. The molecule has 0 aliphatic carbocycles. The number of aromatic nitrogens is 3. The first kappa shape index (κ1) is 20.5. The second kappa shape index (κ2) is 8.17. The largest absolute Gasteiger partial charge is 0.416 e. The van der Waals surface area contributed by atoms with E-state index in [1.807, 2.05) is 0 Å². The molecule has 0 aliphatic heterocycles. The summed E-state index contributed by atoms with van der Waals surface area (Å²) in [4.78, 5) is 4.22. The van der Waals surface area contributed by atoms with E-state index in [0.717, 1.165) is 24.3 Å². The van der Waals surface area contributed by atoms with Crippen molar-refractivity contribution in [3.8, 4) is 17.1 Å². The van der Waals surface area contributed by atoms with Gasteiger partial charge in [0.2, 0.25) is 0 Å². The van der Waals surface area contributed by atoms with Gasteiger partial charge in [-0.25, -0.2) is 18.4 Å². The van der Waals surface area contributed by atoms with E-state index in [1.165, 1.54) is 29.2 Å². The van der Waals surface area contributed by atoms with Gasteiger partial charge in [-0.15, -0.1) is 5.10 Å². The number of alkyl halides is 3. The monoisotopic (exact) mass is 430 g/mol. The first-order valence-electron chi connectivity index (χ1n) is 9.18. The van der Waals surface area contributed by atoms with Gasteiger partial charge in [-0.3, -0.25) is 0 Å². The summed E-state index contributed by atoms with van der Waals surface area (Å²) in [6, 6.07) is 15.5. The highest BCUT2D eigenvalue weighted by atomic mass is 19.4. The molecule has 0 spiro atoms. The summed E-state index contributed by atoms with van der Waals surface area (Å²) in [5.74, 6) is -1.56. The number of para-hydroxylation sites is 1. The Morgan fingerprint density at radius 1 is 0.871 bits per heavy atom. The smallest absolute Gasteiger partial charge is 0.380 e. The van der Waals surface area contributed by atoms with Crippen molar-refractivity contribution >= 4 is 5.69 Å². The number of rotatable bonds is 5. The van der Waals surface area contributed by atoms with Crippen LogP contribution in [0.5, 0.6) is 0 Å². The number of anilines is 1. The van der Waals surface area contributed by atoms with E-state index in [9.17, 15) is 22.0 Å². The van der Waals surface area contributed by atoms with Crippen molar-refractivity contribution in [3.05, 3.63) is 95.8 Å². The Kier molecular flexibility index (Phi) is 5.41. The van der Waals surface area contributed by atoms with Crippen molar-refractivity contribution in [2.45, 2.75) is 12.7 Å². The predicted molar refractivity (Wildman–Crippen MR) is 105 cm³/mol. The minimum atomic E-state index is -4.46. The summed E-state index contributed by atoms with van der Waals surface area (Å²) in [5, 5.41) is 7.43. The zero-order valence-corrected chi connectivity index (χ0v) is 15.9. The molecule has 1 heterocycles. The van der Waals surface area contributed by atoms with E-state index in [1.54, 1.807) is 24.3 Å². The number of nitrogens with one attached hydrogen (secondary N) is 1. The van der Waals surface area contributed by atoms with Crippen LogP contribution in [-0.2, 0) is 12.7 Å². The summed E-state index contributed by atoms with van der Waals surface area (Å²) in [6.45, 7) is 0.225. The molecular weight excluding hydrogens is 415 g/mol. The lowest BCUT2D eigenvalue weighted by Crippen LogP contribution is -2.06. The average molecular weight is 430 g/mol. The van der Waals surface area contributed by atoms with Crippen LogP contribution in [0.2, 0.25) is 0 Å². The fourth-order valence-corrected chi connectivity index (χ4v) is 3.01. The van der Waals surface area contributed by atoms with E-state index in [-0.39, 0.29) is 12.2 Å². The Bertz CT molecular complexity index is 1220. The lowest BCUT2D eigenvalue weighted by molar-refractivity contribution is -0.137. The molecule has 4 nitrogen and oxygen atoms in total. The molecule has 4 aromatic rings. The van der Waals surface area contributed by atoms with Crippen molar-refractivity contribution in [1.82, 2.24) is 14.8 Å². The summed E-state index contributed by atoms with van der Waals surface area (Å²) in [6.07, 6.45) is -3.13. The van der Waals surface area contributed by atoms with Gasteiger partial charge in [0.05, 0.1) is 11.3 Å². The van der Waals surface area contributed by atoms with Crippen LogP contribution >= 0.6 is 0 Å². The molecule has 4 rings (SSSR count).